The Kier molecular flexibility index (Phi) is 4.20. The summed E-state index contributed by atoms with van der Waals surface area (Å²) in [7, 11) is 0. The fourth-order valence-electron chi connectivity index (χ4n) is 2.68. The van der Waals surface area contributed by atoms with E-state index in [-0.39, 0.29) is 11.8 Å². The Bertz CT molecular complexity index is 485. The smallest absolute Gasteiger partial charge is 0.254 e. The first kappa shape index (κ1) is 14.0. The van der Waals surface area contributed by atoms with E-state index in [1.54, 1.807) is 0 Å². The molecule has 4 heteroatoms. The normalized spacial score (nSPS) is 16.4. The zero-order valence-corrected chi connectivity index (χ0v) is 12.3. The molecule has 3 nitrogen and oxygen atoms in total. The lowest BCUT2D eigenvalue weighted by atomic mass is 9.95. The van der Waals surface area contributed by atoms with Crippen molar-refractivity contribution in [3.63, 3.8) is 0 Å². The van der Waals surface area contributed by atoms with Crippen molar-refractivity contribution in [2.75, 3.05) is 13.1 Å². The van der Waals surface area contributed by atoms with Crippen molar-refractivity contribution in [3.8, 4) is 0 Å². The number of hydrogen-bond donors (Lipinski definition) is 1. The summed E-state index contributed by atoms with van der Waals surface area (Å²) in [5, 5.41) is 0. The minimum Gasteiger partial charge on any atom is -0.393 e. The van der Waals surface area contributed by atoms with E-state index in [1.807, 2.05) is 36.9 Å². The summed E-state index contributed by atoms with van der Waals surface area (Å²) in [6.45, 7) is 5.47. The molecule has 1 saturated heterocycles. The van der Waals surface area contributed by atoms with Gasteiger partial charge in [0.2, 0.25) is 0 Å². The molecule has 0 radical (unpaired) electrons. The van der Waals surface area contributed by atoms with Crippen molar-refractivity contribution in [3.05, 3.63) is 34.9 Å². The third kappa shape index (κ3) is 2.95. The van der Waals surface area contributed by atoms with Gasteiger partial charge in [-0.1, -0.05) is 30.4 Å². The first-order chi connectivity index (χ1) is 9.00. The van der Waals surface area contributed by atoms with Gasteiger partial charge in [0.05, 0.1) is 4.99 Å². The van der Waals surface area contributed by atoms with Gasteiger partial charge in [0, 0.05) is 24.6 Å². The summed E-state index contributed by atoms with van der Waals surface area (Å²) in [4.78, 5) is 15.1. The van der Waals surface area contributed by atoms with Gasteiger partial charge in [-0.15, -0.1) is 0 Å². The number of thiocarbonyl (C=S) groups is 1. The molecule has 102 valence electrons. The van der Waals surface area contributed by atoms with Gasteiger partial charge in [-0.3, -0.25) is 4.79 Å². The number of piperidine rings is 1. The Morgan fingerprint density at radius 2 is 1.79 bits per heavy atom. The number of rotatable bonds is 2. The Morgan fingerprint density at radius 3 is 2.26 bits per heavy atom. The van der Waals surface area contributed by atoms with E-state index < -0.39 is 0 Å². The highest BCUT2D eigenvalue weighted by Crippen LogP contribution is 2.22. The summed E-state index contributed by atoms with van der Waals surface area (Å²) >= 11 is 5.03. The van der Waals surface area contributed by atoms with Gasteiger partial charge in [-0.2, -0.15) is 0 Å². The van der Waals surface area contributed by atoms with Crippen molar-refractivity contribution in [1.82, 2.24) is 4.90 Å². The van der Waals surface area contributed by atoms with Crippen LogP contribution >= 0.6 is 12.2 Å². The van der Waals surface area contributed by atoms with Crippen LogP contribution < -0.4 is 5.73 Å². The monoisotopic (exact) mass is 276 g/mol. The zero-order valence-electron chi connectivity index (χ0n) is 11.5. The van der Waals surface area contributed by atoms with Crippen LogP contribution in [-0.4, -0.2) is 28.9 Å². The van der Waals surface area contributed by atoms with Crippen LogP contribution in [0.3, 0.4) is 0 Å². The molecule has 1 aliphatic heterocycles. The van der Waals surface area contributed by atoms with Crippen LogP contribution in [0.2, 0.25) is 0 Å². The number of carbonyl (C=O) groups excluding carboxylic acids is 1. The average Bonchev–Trinajstić information content (AvgIpc) is 2.38. The third-order valence-corrected chi connectivity index (χ3v) is 4.21. The van der Waals surface area contributed by atoms with Crippen LogP contribution in [-0.2, 0) is 0 Å². The average molecular weight is 276 g/mol. The molecule has 1 amide bonds. The van der Waals surface area contributed by atoms with E-state index >= 15 is 0 Å². The lowest BCUT2D eigenvalue weighted by Gasteiger charge is -2.32. The zero-order chi connectivity index (χ0) is 14.0. The maximum Gasteiger partial charge on any atom is 0.254 e. The van der Waals surface area contributed by atoms with Gasteiger partial charge >= 0.3 is 0 Å². The van der Waals surface area contributed by atoms with Crippen molar-refractivity contribution in [2.45, 2.75) is 26.7 Å². The van der Waals surface area contributed by atoms with E-state index in [9.17, 15) is 4.79 Å². The first-order valence-electron chi connectivity index (χ1n) is 6.65. The van der Waals surface area contributed by atoms with Crippen LogP contribution in [0.25, 0.3) is 0 Å². The summed E-state index contributed by atoms with van der Waals surface area (Å²) in [5.41, 5.74) is 8.61. The van der Waals surface area contributed by atoms with Crippen LogP contribution in [0.1, 0.15) is 34.3 Å². The molecule has 0 aromatic heterocycles. The molecule has 1 fully saturated rings. The molecule has 2 N–H and O–H groups in total. The quantitative estimate of drug-likeness (QED) is 0.844. The molecule has 0 bridgehead atoms. The highest BCUT2D eigenvalue weighted by atomic mass is 32.1. The second-order valence-electron chi connectivity index (χ2n) is 5.24. The highest BCUT2D eigenvalue weighted by Gasteiger charge is 2.26. The van der Waals surface area contributed by atoms with Gasteiger partial charge in [-0.25, -0.2) is 0 Å². The fourth-order valence-corrected chi connectivity index (χ4v) is 2.91. The summed E-state index contributed by atoms with van der Waals surface area (Å²) in [5.74, 6) is 0.425. The molecule has 0 spiro atoms. The number of nitrogens with two attached hydrogens (primary N) is 1. The molecule has 1 aromatic carbocycles. The highest BCUT2D eigenvalue weighted by molar-refractivity contribution is 7.80. The number of hydrogen-bond acceptors (Lipinski definition) is 2. The van der Waals surface area contributed by atoms with Crippen molar-refractivity contribution < 1.29 is 4.79 Å². The number of benzene rings is 1. The second kappa shape index (κ2) is 5.70. The minimum atomic E-state index is 0.136. The van der Waals surface area contributed by atoms with Crippen LogP contribution in [0.15, 0.2) is 18.2 Å². The van der Waals surface area contributed by atoms with E-state index in [0.717, 1.165) is 42.6 Å². The number of aryl methyl sites for hydroxylation is 2. The topological polar surface area (TPSA) is 46.3 Å². The van der Waals surface area contributed by atoms with E-state index in [4.69, 9.17) is 18.0 Å². The predicted octanol–water partition coefficient (Wildman–Crippen LogP) is 2.44. The summed E-state index contributed by atoms with van der Waals surface area (Å²) in [6.07, 6.45) is 1.76. The Balaban J connectivity index is 2.12. The maximum atomic E-state index is 12.6. The number of nitrogens with zero attached hydrogens (tertiary/aromatic N) is 1. The molecule has 1 heterocycles. The molecule has 0 saturated carbocycles. The first-order valence-corrected chi connectivity index (χ1v) is 7.06. The Morgan fingerprint density at radius 1 is 1.26 bits per heavy atom. The SMILES string of the molecule is Cc1cccc(C)c1C(=O)N1CCC(C(N)=S)CC1. The Hall–Kier alpha value is -1.42. The molecular formula is C15H20N2OS. The van der Waals surface area contributed by atoms with E-state index in [2.05, 4.69) is 0 Å². The molecule has 0 atom stereocenters. The van der Waals surface area contributed by atoms with Crippen molar-refractivity contribution in [2.24, 2.45) is 11.7 Å². The lowest BCUT2D eigenvalue weighted by molar-refractivity contribution is 0.0709. The third-order valence-electron chi connectivity index (χ3n) is 3.88. The van der Waals surface area contributed by atoms with Crippen molar-refractivity contribution in [1.29, 1.82) is 0 Å². The Labute approximate surface area is 119 Å². The minimum absolute atomic E-state index is 0.136. The second-order valence-corrected chi connectivity index (χ2v) is 5.71. The molecule has 2 rings (SSSR count). The molecular weight excluding hydrogens is 256 g/mol. The van der Waals surface area contributed by atoms with E-state index in [0.29, 0.717) is 4.99 Å². The molecule has 1 aromatic rings. The van der Waals surface area contributed by atoms with E-state index in [1.165, 1.54) is 0 Å². The molecule has 0 unspecified atom stereocenters. The molecule has 1 aliphatic rings. The molecule has 19 heavy (non-hydrogen) atoms. The van der Waals surface area contributed by atoms with Crippen LogP contribution in [0.4, 0.5) is 0 Å². The van der Waals surface area contributed by atoms with Gasteiger partial charge in [0.1, 0.15) is 0 Å². The van der Waals surface area contributed by atoms with Gasteiger partial charge in [0.25, 0.3) is 5.91 Å². The largest absolute Gasteiger partial charge is 0.393 e. The summed E-state index contributed by atoms with van der Waals surface area (Å²) in [6, 6.07) is 5.96. The van der Waals surface area contributed by atoms with Gasteiger partial charge in [0.15, 0.2) is 0 Å². The van der Waals surface area contributed by atoms with Crippen LogP contribution in [0.5, 0.6) is 0 Å². The fraction of sp³-hybridized carbons (Fsp3) is 0.467. The summed E-state index contributed by atoms with van der Waals surface area (Å²) < 4.78 is 0. The number of amides is 1. The molecule has 0 aliphatic carbocycles. The number of carbonyl (C=O) groups is 1. The van der Waals surface area contributed by atoms with Gasteiger partial charge < -0.3 is 10.6 Å². The van der Waals surface area contributed by atoms with Gasteiger partial charge in [-0.05, 0) is 37.8 Å². The lowest BCUT2D eigenvalue weighted by Crippen LogP contribution is -2.41. The standard InChI is InChI=1S/C15H20N2OS/c1-10-4-3-5-11(2)13(10)15(18)17-8-6-12(7-9-17)14(16)19/h3-5,12H,6-9H2,1-2H3,(H2,16,19). The number of likely N-dealkylation sites (tertiary alicyclic amines) is 1. The maximum absolute atomic E-state index is 12.6. The van der Waals surface area contributed by atoms with Crippen molar-refractivity contribution >= 4 is 23.1 Å². The predicted molar refractivity (Wildman–Crippen MR) is 81.3 cm³/mol. The van der Waals surface area contributed by atoms with Crippen LogP contribution in [0, 0.1) is 19.8 Å².